The minimum atomic E-state index is -0.848. The molecule has 7 nitrogen and oxygen atoms in total. The lowest BCUT2D eigenvalue weighted by atomic mass is 9.80. The maximum absolute atomic E-state index is 12.6. The normalized spacial score (nSPS) is 32.1. The number of hydrogen-bond acceptors (Lipinski definition) is 4. The van der Waals surface area contributed by atoms with E-state index in [0.717, 1.165) is 32.2 Å². The number of nitrogens with one attached hydrogen (secondary N) is 2. The first-order valence-corrected chi connectivity index (χ1v) is 8.60. The van der Waals surface area contributed by atoms with Crippen molar-refractivity contribution in [2.24, 2.45) is 5.92 Å². The van der Waals surface area contributed by atoms with Crippen molar-refractivity contribution < 1.29 is 14.4 Å². The van der Waals surface area contributed by atoms with Crippen LogP contribution in [0, 0.1) is 5.92 Å². The molecule has 0 bridgehead atoms. The highest BCUT2D eigenvalue weighted by Gasteiger charge is 2.52. The molecule has 0 aromatic carbocycles. The molecule has 3 fully saturated rings. The van der Waals surface area contributed by atoms with Crippen molar-refractivity contribution in [2.45, 2.75) is 51.1 Å². The van der Waals surface area contributed by atoms with Crippen LogP contribution in [0.2, 0.25) is 0 Å². The summed E-state index contributed by atoms with van der Waals surface area (Å²) < 4.78 is 0. The molecule has 2 saturated heterocycles. The fourth-order valence-corrected chi connectivity index (χ4v) is 3.65. The average Bonchev–Trinajstić information content (AvgIpc) is 3.27. The largest absolute Gasteiger partial charge is 0.352 e. The first-order chi connectivity index (χ1) is 10.9. The van der Waals surface area contributed by atoms with Crippen LogP contribution in [0.5, 0.6) is 0 Å². The van der Waals surface area contributed by atoms with E-state index in [4.69, 9.17) is 0 Å². The van der Waals surface area contributed by atoms with Gasteiger partial charge in [-0.3, -0.25) is 19.4 Å². The number of nitrogens with zero attached hydrogens (tertiary/aromatic N) is 2. The molecule has 2 atom stereocenters. The van der Waals surface area contributed by atoms with Crippen molar-refractivity contribution in [3.63, 3.8) is 0 Å². The number of piperidine rings is 1. The predicted molar refractivity (Wildman–Crippen MR) is 84.7 cm³/mol. The van der Waals surface area contributed by atoms with Crippen LogP contribution in [0.25, 0.3) is 0 Å². The summed E-state index contributed by atoms with van der Waals surface area (Å²) in [7, 11) is 0. The Morgan fingerprint density at radius 3 is 2.70 bits per heavy atom. The zero-order valence-electron chi connectivity index (χ0n) is 13.9. The highest BCUT2D eigenvalue weighted by Crippen LogP contribution is 2.32. The molecule has 1 aliphatic carbocycles. The number of hydrogen-bond donors (Lipinski definition) is 2. The number of imide groups is 1. The molecule has 7 heteroatoms. The topological polar surface area (TPSA) is 81.8 Å². The number of carbonyl (C=O) groups is 3. The van der Waals surface area contributed by atoms with Gasteiger partial charge in [0.05, 0.1) is 6.54 Å². The first-order valence-electron chi connectivity index (χ1n) is 8.60. The van der Waals surface area contributed by atoms with E-state index in [1.54, 1.807) is 6.92 Å². The van der Waals surface area contributed by atoms with Gasteiger partial charge in [-0.2, -0.15) is 0 Å². The summed E-state index contributed by atoms with van der Waals surface area (Å²) in [6.07, 6.45) is 3.99. The van der Waals surface area contributed by atoms with E-state index in [1.165, 1.54) is 4.90 Å². The lowest BCUT2D eigenvalue weighted by Crippen LogP contribution is -2.56. The van der Waals surface area contributed by atoms with Gasteiger partial charge in [-0.1, -0.05) is 0 Å². The minimum absolute atomic E-state index is 0.0398. The molecular formula is C16H26N4O3. The number of rotatable bonds is 5. The Bertz CT molecular complexity index is 519. The van der Waals surface area contributed by atoms with Crippen LogP contribution in [-0.4, -0.2) is 65.4 Å². The fourth-order valence-electron chi connectivity index (χ4n) is 3.65. The molecule has 2 N–H and O–H groups in total. The molecule has 2 heterocycles. The number of likely N-dealkylation sites (tertiary alicyclic amines) is 1. The van der Waals surface area contributed by atoms with Crippen molar-refractivity contribution in [3.8, 4) is 0 Å². The summed E-state index contributed by atoms with van der Waals surface area (Å²) in [6.45, 7) is 5.92. The van der Waals surface area contributed by atoms with Crippen LogP contribution in [-0.2, 0) is 9.59 Å². The first kappa shape index (κ1) is 16.2. The lowest BCUT2D eigenvalue weighted by Gasteiger charge is -2.39. The van der Waals surface area contributed by atoms with Crippen molar-refractivity contribution in [1.29, 1.82) is 0 Å². The second kappa shape index (κ2) is 6.11. The zero-order chi connectivity index (χ0) is 16.6. The van der Waals surface area contributed by atoms with Crippen LogP contribution in [0.15, 0.2) is 0 Å². The van der Waals surface area contributed by atoms with Gasteiger partial charge in [0, 0.05) is 25.0 Å². The third-order valence-corrected chi connectivity index (χ3v) is 5.25. The number of urea groups is 1. The minimum Gasteiger partial charge on any atom is -0.352 e. The molecule has 0 aromatic heterocycles. The molecule has 4 amide bonds. The smallest absolute Gasteiger partial charge is 0.325 e. The quantitative estimate of drug-likeness (QED) is 0.714. The monoisotopic (exact) mass is 322 g/mol. The van der Waals surface area contributed by atoms with Gasteiger partial charge >= 0.3 is 6.03 Å². The fraction of sp³-hybridized carbons (Fsp3) is 0.812. The summed E-state index contributed by atoms with van der Waals surface area (Å²) in [6, 6.07) is 0.0676. The van der Waals surface area contributed by atoms with Crippen LogP contribution in [0.4, 0.5) is 4.79 Å². The number of likely N-dealkylation sites (N-methyl/N-ethyl adjacent to an activating group) is 1. The Morgan fingerprint density at radius 2 is 2.09 bits per heavy atom. The van der Waals surface area contributed by atoms with Crippen LogP contribution in [0.3, 0.4) is 0 Å². The van der Waals surface area contributed by atoms with Crippen molar-refractivity contribution in [1.82, 2.24) is 20.4 Å². The molecule has 128 valence electrons. The van der Waals surface area contributed by atoms with Crippen LogP contribution >= 0.6 is 0 Å². The summed E-state index contributed by atoms with van der Waals surface area (Å²) in [5.41, 5.74) is -0.848. The molecule has 3 aliphatic rings. The Hall–Kier alpha value is -1.63. The van der Waals surface area contributed by atoms with Crippen molar-refractivity contribution >= 4 is 17.8 Å². The molecule has 0 aromatic rings. The summed E-state index contributed by atoms with van der Waals surface area (Å²) in [5, 5.41) is 5.88. The van der Waals surface area contributed by atoms with Gasteiger partial charge in [0.2, 0.25) is 5.91 Å². The van der Waals surface area contributed by atoms with Gasteiger partial charge in [0.1, 0.15) is 5.54 Å². The molecule has 1 saturated carbocycles. The SMILES string of the molecule is CCN1C(=O)N[C@@](C)([C@@H]2CCCN(CC(=O)NC3CC3)C2)C1=O. The molecular weight excluding hydrogens is 296 g/mol. The van der Waals surface area contributed by atoms with E-state index in [0.29, 0.717) is 25.7 Å². The molecule has 23 heavy (non-hydrogen) atoms. The third-order valence-electron chi connectivity index (χ3n) is 5.25. The zero-order valence-corrected chi connectivity index (χ0v) is 13.9. The summed E-state index contributed by atoms with van der Waals surface area (Å²) >= 11 is 0. The van der Waals surface area contributed by atoms with E-state index in [9.17, 15) is 14.4 Å². The molecule has 0 unspecified atom stereocenters. The van der Waals surface area contributed by atoms with Crippen LogP contribution in [0.1, 0.15) is 39.5 Å². The Balaban J connectivity index is 1.62. The Labute approximate surface area is 136 Å². The maximum Gasteiger partial charge on any atom is 0.325 e. The Morgan fingerprint density at radius 1 is 1.35 bits per heavy atom. The van der Waals surface area contributed by atoms with E-state index >= 15 is 0 Å². The van der Waals surface area contributed by atoms with Gasteiger partial charge in [-0.25, -0.2) is 4.79 Å². The highest BCUT2D eigenvalue weighted by molar-refractivity contribution is 6.07. The highest BCUT2D eigenvalue weighted by atomic mass is 16.2. The summed E-state index contributed by atoms with van der Waals surface area (Å²) in [4.78, 5) is 39.9. The predicted octanol–water partition coefficient (Wildman–Crippen LogP) is 0.307. The number of amides is 4. The molecule has 3 rings (SSSR count). The molecule has 2 aliphatic heterocycles. The Kier molecular flexibility index (Phi) is 4.31. The van der Waals surface area contributed by atoms with Gasteiger partial charge in [-0.15, -0.1) is 0 Å². The van der Waals surface area contributed by atoms with Crippen molar-refractivity contribution in [3.05, 3.63) is 0 Å². The number of carbonyl (C=O) groups excluding carboxylic acids is 3. The lowest BCUT2D eigenvalue weighted by molar-refractivity contribution is -0.133. The van der Waals surface area contributed by atoms with Crippen LogP contribution < -0.4 is 10.6 Å². The van der Waals surface area contributed by atoms with Gasteiger partial charge in [0.25, 0.3) is 5.91 Å². The molecule has 0 radical (unpaired) electrons. The maximum atomic E-state index is 12.6. The van der Waals surface area contributed by atoms with E-state index in [-0.39, 0.29) is 23.8 Å². The van der Waals surface area contributed by atoms with Crippen molar-refractivity contribution in [2.75, 3.05) is 26.2 Å². The van der Waals surface area contributed by atoms with Gasteiger partial charge in [-0.05, 0) is 46.1 Å². The standard InChI is InChI=1S/C16H26N4O3/c1-3-20-14(22)16(2,18-15(20)23)11-5-4-8-19(9-11)10-13(21)17-12-6-7-12/h11-12H,3-10H2,1-2H3,(H,17,21)(H,18,23)/t11-,16+/m1/s1. The second-order valence-electron chi connectivity index (χ2n) is 7.10. The average molecular weight is 322 g/mol. The van der Waals surface area contributed by atoms with E-state index in [1.807, 2.05) is 6.92 Å². The third kappa shape index (κ3) is 3.20. The molecule has 0 spiro atoms. The van der Waals surface area contributed by atoms with E-state index in [2.05, 4.69) is 15.5 Å². The van der Waals surface area contributed by atoms with Gasteiger partial charge in [0.15, 0.2) is 0 Å². The second-order valence-corrected chi connectivity index (χ2v) is 7.10. The van der Waals surface area contributed by atoms with Gasteiger partial charge < -0.3 is 10.6 Å². The van der Waals surface area contributed by atoms with E-state index < -0.39 is 5.54 Å². The summed E-state index contributed by atoms with van der Waals surface area (Å²) in [5.74, 6) is -0.0347.